The molecule has 3 rings (SSSR count). The van der Waals surface area contributed by atoms with Crippen molar-refractivity contribution in [2.75, 3.05) is 13.1 Å². The summed E-state index contributed by atoms with van der Waals surface area (Å²) in [6, 6.07) is 4.11. The molecule has 0 unspecified atom stereocenters. The van der Waals surface area contributed by atoms with E-state index < -0.39 is 5.82 Å². The van der Waals surface area contributed by atoms with Gasteiger partial charge in [-0.25, -0.2) is 4.39 Å². The van der Waals surface area contributed by atoms with E-state index in [1.807, 2.05) is 0 Å². The highest BCUT2D eigenvalue weighted by atomic mass is 35.5. The number of benzene rings is 1. The second kappa shape index (κ2) is 6.98. The number of hydrogen-bond donors (Lipinski definition) is 1. The summed E-state index contributed by atoms with van der Waals surface area (Å²) in [5, 5.41) is 10.4. The largest absolute Gasteiger partial charge is 0.393 e. The molecule has 0 bridgehead atoms. The van der Waals surface area contributed by atoms with Crippen molar-refractivity contribution >= 4 is 17.5 Å². The molecule has 2 atom stereocenters. The molecule has 2 saturated heterocycles. The normalized spacial score (nSPS) is 26.6. The minimum Gasteiger partial charge on any atom is -0.393 e. The summed E-state index contributed by atoms with van der Waals surface area (Å²) >= 11 is 5.74. The average Bonchev–Trinajstić information content (AvgIpc) is 2.54. The first kappa shape index (κ1) is 17.6. The molecule has 6 heteroatoms. The maximum absolute atomic E-state index is 14.0. The van der Waals surface area contributed by atoms with E-state index in [0.717, 1.165) is 12.5 Å². The second-order valence-electron chi connectivity index (χ2n) is 6.84. The highest BCUT2D eigenvalue weighted by Gasteiger charge is 2.43. The molecule has 1 aromatic rings. The van der Waals surface area contributed by atoms with Gasteiger partial charge < -0.3 is 14.7 Å². The Kier molecular flexibility index (Phi) is 5.13. The molecule has 2 heterocycles. The second-order valence-corrected chi connectivity index (χ2v) is 7.28. The van der Waals surface area contributed by atoms with Crippen molar-refractivity contribution in [2.45, 2.75) is 56.8 Å². The molecule has 0 saturated carbocycles. The summed E-state index contributed by atoms with van der Waals surface area (Å²) in [7, 11) is 0. The first-order chi connectivity index (χ1) is 11.4. The van der Waals surface area contributed by atoms with Gasteiger partial charge in [-0.2, -0.15) is 0 Å². The Morgan fingerprint density at radius 2 is 2.17 bits per heavy atom. The Morgan fingerprint density at radius 1 is 1.46 bits per heavy atom. The standard InChI is InChI=1S/C18H23ClFNO3/c1-2-14-10-13(22)11-18(24-14)5-7-21(8-6-18)17(23)15-4-3-12(19)9-16(15)20/h3-4,9,13-14,22H,2,5-8,10-11H2,1H3/t13-,14+/m1/s1. The molecule has 0 radical (unpaired) electrons. The van der Waals surface area contributed by atoms with E-state index in [1.54, 1.807) is 4.90 Å². The van der Waals surface area contributed by atoms with Crippen LogP contribution in [0.2, 0.25) is 5.02 Å². The lowest BCUT2D eigenvalue weighted by molar-refractivity contribution is -0.179. The van der Waals surface area contributed by atoms with Crippen LogP contribution in [0, 0.1) is 5.82 Å². The van der Waals surface area contributed by atoms with Gasteiger partial charge in [0.2, 0.25) is 0 Å². The van der Waals surface area contributed by atoms with E-state index in [2.05, 4.69) is 6.92 Å². The molecule has 2 aliphatic rings. The molecule has 24 heavy (non-hydrogen) atoms. The Bertz CT molecular complexity index is 616. The molecule has 132 valence electrons. The lowest BCUT2D eigenvalue weighted by Gasteiger charge is -2.47. The molecule has 1 aromatic carbocycles. The van der Waals surface area contributed by atoms with E-state index in [0.29, 0.717) is 38.8 Å². The van der Waals surface area contributed by atoms with Crippen LogP contribution in [0.1, 0.15) is 49.4 Å². The fourth-order valence-corrected chi connectivity index (χ4v) is 3.95. The summed E-state index contributed by atoms with van der Waals surface area (Å²) in [6.07, 6.45) is 3.22. The van der Waals surface area contributed by atoms with Gasteiger partial charge in [0, 0.05) is 24.5 Å². The first-order valence-corrected chi connectivity index (χ1v) is 8.90. The third kappa shape index (κ3) is 3.58. The van der Waals surface area contributed by atoms with Gasteiger partial charge in [0.15, 0.2) is 0 Å². The first-order valence-electron chi connectivity index (χ1n) is 8.52. The monoisotopic (exact) mass is 355 g/mol. The van der Waals surface area contributed by atoms with Crippen molar-refractivity contribution in [1.82, 2.24) is 4.90 Å². The summed E-state index contributed by atoms with van der Waals surface area (Å²) < 4.78 is 20.2. The van der Waals surface area contributed by atoms with Crippen molar-refractivity contribution in [3.05, 3.63) is 34.6 Å². The number of piperidine rings is 1. The van der Waals surface area contributed by atoms with Crippen LogP contribution in [0.4, 0.5) is 4.39 Å². The molecule has 2 aliphatic heterocycles. The molecule has 0 aliphatic carbocycles. The van der Waals surface area contributed by atoms with Crippen molar-refractivity contribution in [1.29, 1.82) is 0 Å². The summed E-state index contributed by atoms with van der Waals surface area (Å²) in [5.74, 6) is -0.911. The van der Waals surface area contributed by atoms with Gasteiger partial charge in [0.05, 0.1) is 23.4 Å². The van der Waals surface area contributed by atoms with Crippen molar-refractivity contribution in [2.24, 2.45) is 0 Å². The van der Waals surface area contributed by atoms with Crippen LogP contribution in [0.15, 0.2) is 18.2 Å². The van der Waals surface area contributed by atoms with Gasteiger partial charge in [0.25, 0.3) is 5.91 Å². The molecule has 1 amide bonds. The Hall–Kier alpha value is -1.17. The molecular weight excluding hydrogens is 333 g/mol. The maximum atomic E-state index is 14.0. The molecule has 4 nitrogen and oxygen atoms in total. The van der Waals surface area contributed by atoms with E-state index >= 15 is 0 Å². The van der Waals surface area contributed by atoms with Crippen LogP contribution < -0.4 is 0 Å². The minimum atomic E-state index is -0.594. The number of likely N-dealkylation sites (tertiary alicyclic amines) is 1. The summed E-state index contributed by atoms with van der Waals surface area (Å²) in [4.78, 5) is 14.2. The van der Waals surface area contributed by atoms with Crippen molar-refractivity contribution in [3.63, 3.8) is 0 Å². The third-order valence-corrected chi connectivity index (χ3v) is 5.37. The number of aliphatic hydroxyl groups excluding tert-OH is 1. The summed E-state index contributed by atoms with van der Waals surface area (Å²) in [5.41, 5.74) is -0.306. The van der Waals surface area contributed by atoms with Crippen molar-refractivity contribution < 1.29 is 19.0 Å². The zero-order valence-electron chi connectivity index (χ0n) is 13.8. The van der Waals surface area contributed by atoms with Crippen LogP contribution in [-0.4, -0.2) is 46.8 Å². The highest BCUT2D eigenvalue weighted by molar-refractivity contribution is 6.30. The maximum Gasteiger partial charge on any atom is 0.256 e. The van der Waals surface area contributed by atoms with Gasteiger partial charge in [-0.3, -0.25) is 4.79 Å². The highest BCUT2D eigenvalue weighted by Crippen LogP contribution is 2.38. The average molecular weight is 356 g/mol. The molecule has 1 spiro atoms. The van der Waals surface area contributed by atoms with Crippen LogP contribution in [-0.2, 0) is 4.74 Å². The zero-order valence-corrected chi connectivity index (χ0v) is 14.6. The molecular formula is C18H23ClFNO3. The van der Waals surface area contributed by atoms with Crippen LogP contribution in [0.5, 0.6) is 0 Å². The number of carbonyl (C=O) groups excluding carboxylic acids is 1. The van der Waals surface area contributed by atoms with Gasteiger partial charge in [-0.1, -0.05) is 18.5 Å². The number of aliphatic hydroxyl groups is 1. The predicted octanol–water partition coefficient (Wildman–Crippen LogP) is 3.40. The van der Waals surface area contributed by atoms with Crippen molar-refractivity contribution in [3.8, 4) is 0 Å². The van der Waals surface area contributed by atoms with Gasteiger partial charge in [-0.05, 0) is 43.9 Å². The van der Waals surface area contributed by atoms with E-state index in [4.69, 9.17) is 16.3 Å². The fraction of sp³-hybridized carbons (Fsp3) is 0.611. The Balaban J connectivity index is 1.67. The van der Waals surface area contributed by atoms with Crippen LogP contribution in [0.3, 0.4) is 0 Å². The smallest absolute Gasteiger partial charge is 0.256 e. The lowest BCUT2D eigenvalue weighted by Crippen LogP contribution is -2.53. The van der Waals surface area contributed by atoms with Gasteiger partial charge in [-0.15, -0.1) is 0 Å². The van der Waals surface area contributed by atoms with Crippen LogP contribution in [0.25, 0.3) is 0 Å². The zero-order chi connectivity index (χ0) is 17.3. The number of nitrogens with zero attached hydrogens (tertiary/aromatic N) is 1. The Labute approximate surface area is 146 Å². The number of amides is 1. The quantitative estimate of drug-likeness (QED) is 0.884. The van der Waals surface area contributed by atoms with E-state index in [9.17, 15) is 14.3 Å². The lowest BCUT2D eigenvalue weighted by atomic mass is 9.81. The molecule has 2 fully saturated rings. The topological polar surface area (TPSA) is 49.8 Å². The number of halogens is 2. The predicted molar refractivity (Wildman–Crippen MR) is 89.7 cm³/mol. The number of hydrogen-bond acceptors (Lipinski definition) is 3. The fourth-order valence-electron chi connectivity index (χ4n) is 3.79. The number of rotatable bonds is 2. The minimum absolute atomic E-state index is 0.0476. The summed E-state index contributed by atoms with van der Waals surface area (Å²) in [6.45, 7) is 3.06. The number of ether oxygens (including phenoxy) is 1. The third-order valence-electron chi connectivity index (χ3n) is 5.14. The van der Waals surface area contributed by atoms with E-state index in [1.165, 1.54) is 12.1 Å². The molecule has 0 aromatic heterocycles. The van der Waals surface area contributed by atoms with Gasteiger partial charge in [0.1, 0.15) is 5.82 Å². The number of carbonyl (C=O) groups is 1. The van der Waals surface area contributed by atoms with E-state index in [-0.39, 0.29) is 34.3 Å². The SMILES string of the molecule is CC[C@H]1C[C@@H](O)CC2(CCN(C(=O)c3ccc(Cl)cc3F)CC2)O1. The van der Waals surface area contributed by atoms with Gasteiger partial charge >= 0.3 is 0 Å². The van der Waals surface area contributed by atoms with Crippen LogP contribution >= 0.6 is 11.6 Å². The Morgan fingerprint density at radius 3 is 2.79 bits per heavy atom. The molecule has 1 N–H and O–H groups in total.